The van der Waals surface area contributed by atoms with E-state index in [1.165, 1.54) is 11.5 Å². The number of carbonyl (C=O) groups excluding carboxylic acids is 1. The number of carbonyl (C=O) groups is 1. The Bertz CT molecular complexity index is 354. The summed E-state index contributed by atoms with van der Waals surface area (Å²) in [6.45, 7) is 4.92. The lowest BCUT2D eigenvalue weighted by Gasteiger charge is -2.34. The third kappa shape index (κ3) is 3.63. The van der Waals surface area contributed by atoms with E-state index in [2.05, 4.69) is 21.8 Å². The summed E-state index contributed by atoms with van der Waals surface area (Å²) >= 11 is 1.18. The van der Waals surface area contributed by atoms with E-state index in [1.807, 2.05) is 4.90 Å². The largest absolute Gasteiger partial charge is 0.335 e. The molecule has 0 unspecified atom stereocenters. The maximum absolute atomic E-state index is 12.3. The number of amides is 1. The third-order valence-corrected chi connectivity index (χ3v) is 3.70. The van der Waals surface area contributed by atoms with Gasteiger partial charge < -0.3 is 10.2 Å². The van der Waals surface area contributed by atoms with Crippen LogP contribution in [0.15, 0.2) is 6.20 Å². The van der Waals surface area contributed by atoms with Crippen molar-refractivity contribution < 1.29 is 4.79 Å². The topological polar surface area (TPSA) is 58.1 Å². The van der Waals surface area contributed by atoms with Crippen molar-refractivity contribution in [3.8, 4) is 0 Å². The first-order valence-corrected chi connectivity index (χ1v) is 6.89. The average molecular weight is 291 g/mol. The van der Waals surface area contributed by atoms with Crippen molar-refractivity contribution in [3.63, 3.8) is 0 Å². The highest BCUT2D eigenvalue weighted by Crippen LogP contribution is 2.17. The molecule has 18 heavy (non-hydrogen) atoms. The van der Waals surface area contributed by atoms with Crippen LogP contribution < -0.4 is 5.32 Å². The van der Waals surface area contributed by atoms with Crippen LogP contribution in [0.5, 0.6) is 0 Å². The van der Waals surface area contributed by atoms with Gasteiger partial charge >= 0.3 is 0 Å². The van der Waals surface area contributed by atoms with E-state index in [4.69, 9.17) is 0 Å². The highest BCUT2D eigenvalue weighted by molar-refractivity contribution is 7.07. The molecule has 5 nitrogen and oxygen atoms in total. The quantitative estimate of drug-likeness (QED) is 0.914. The minimum absolute atomic E-state index is 0. The first kappa shape index (κ1) is 15.3. The molecule has 0 spiro atoms. The van der Waals surface area contributed by atoms with E-state index in [-0.39, 0.29) is 18.3 Å². The van der Waals surface area contributed by atoms with Crippen LogP contribution in [0.25, 0.3) is 0 Å². The van der Waals surface area contributed by atoms with Crippen molar-refractivity contribution in [3.05, 3.63) is 11.1 Å². The van der Waals surface area contributed by atoms with E-state index in [0.717, 1.165) is 38.9 Å². The van der Waals surface area contributed by atoms with Crippen molar-refractivity contribution in [1.82, 2.24) is 19.8 Å². The highest BCUT2D eigenvalue weighted by atomic mass is 35.5. The molecule has 1 amide bonds. The summed E-state index contributed by atoms with van der Waals surface area (Å²) in [4.78, 5) is 15.0. The van der Waals surface area contributed by atoms with E-state index in [1.54, 1.807) is 6.20 Å². The predicted octanol–water partition coefficient (Wildman–Crippen LogP) is 1.56. The Kier molecular flexibility index (Phi) is 6.52. The summed E-state index contributed by atoms with van der Waals surface area (Å²) < 4.78 is 3.76. The van der Waals surface area contributed by atoms with Crippen LogP contribution in [0.1, 0.15) is 35.9 Å². The van der Waals surface area contributed by atoms with Gasteiger partial charge in [0.25, 0.3) is 5.91 Å². The molecule has 0 aromatic carbocycles. The molecule has 102 valence electrons. The van der Waals surface area contributed by atoms with Gasteiger partial charge in [-0.1, -0.05) is 11.4 Å². The number of piperidine rings is 1. The lowest BCUT2D eigenvalue weighted by molar-refractivity contribution is 0.0647. The zero-order valence-corrected chi connectivity index (χ0v) is 12.1. The van der Waals surface area contributed by atoms with Crippen LogP contribution in [0.4, 0.5) is 0 Å². The van der Waals surface area contributed by atoms with Gasteiger partial charge in [-0.3, -0.25) is 4.79 Å². The summed E-state index contributed by atoms with van der Waals surface area (Å²) in [5.41, 5.74) is 0. The Morgan fingerprint density at radius 2 is 2.28 bits per heavy atom. The van der Waals surface area contributed by atoms with Crippen molar-refractivity contribution in [2.24, 2.45) is 0 Å². The van der Waals surface area contributed by atoms with Crippen molar-refractivity contribution >= 4 is 29.8 Å². The normalized spacial score (nSPS) is 16.1. The molecule has 0 bridgehead atoms. The van der Waals surface area contributed by atoms with E-state index >= 15 is 0 Å². The number of nitrogens with one attached hydrogen (secondary N) is 1. The monoisotopic (exact) mass is 290 g/mol. The second-order valence-corrected chi connectivity index (χ2v) is 5.05. The SMILES string of the molecule is CCCN(C(=O)c1cnns1)C1CCNCC1.Cl. The Morgan fingerprint density at radius 1 is 1.56 bits per heavy atom. The zero-order valence-electron chi connectivity index (χ0n) is 10.5. The molecule has 0 radical (unpaired) electrons. The van der Waals surface area contributed by atoms with Gasteiger partial charge in [0.2, 0.25) is 0 Å². The maximum atomic E-state index is 12.3. The van der Waals surface area contributed by atoms with Gasteiger partial charge in [-0.2, -0.15) is 0 Å². The van der Waals surface area contributed by atoms with E-state index < -0.39 is 0 Å². The van der Waals surface area contributed by atoms with Crippen LogP contribution in [0.3, 0.4) is 0 Å². The molecule has 1 saturated heterocycles. The molecule has 7 heteroatoms. The summed E-state index contributed by atoms with van der Waals surface area (Å²) in [5, 5.41) is 7.06. The molecule has 0 atom stereocenters. The molecule has 0 saturated carbocycles. The second-order valence-electron chi connectivity index (χ2n) is 4.26. The van der Waals surface area contributed by atoms with Crippen LogP contribution in [0.2, 0.25) is 0 Å². The first-order chi connectivity index (χ1) is 8.33. The maximum Gasteiger partial charge on any atom is 0.267 e. The molecule has 1 aliphatic rings. The molecule has 0 aliphatic carbocycles. The number of hydrogen-bond acceptors (Lipinski definition) is 5. The molecule has 1 aliphatic heterocycles. The smallest absolute Gasteiger partial charge is 0.267 e. The molecule has 2 rings (SSSR count). The molecular formula is C11H19ClN4OS. The fourth-order valence-electron chi connectivity index (χ4n) is 2.21. The lowest BCUT2D eigenvalue weighted by Crippen LogP contribution is -2.46. The van der Waals surface area contributed by atoms with Gasteiger partial charge in [0.15, 0.2) is 0 Å². The molecule has 1 aromatic heterocycles. The summed E-state index contributed by atoms with van der Waals surface area (Å²) in [6, 6.07) is 0.366. The molecule has 1 aromatic rings. The summed E-state index contributed by atoms with van der Waals surface area (Å²) in [7, 11) is 0. The Balaban J connectivity index is 0.00000162. The first-order valence-electron chi connectivity index (χ1n) is 6.12. The molecule has 1 fully saturated rings. The lowest BCUT2D eigenvalue weighted by atomic mass is 10.0. The van der Waals surface area contributed by atoms with Gasteiger partial charge in [-0.25, -0.2) is 0 Å². The van der Waals surface area contributed by atoms with Crippen LogP contribution >= 0.6 is 23.9 Å². The fourth-order valence-corrected chi connectivity index (χ4v) is 2.68. The Morgan fingerprint density at radius 3 is 2.83 bits per heavy atom. The van der Waals surface area contributed by atoms with Crippen LogP contribution in [-0.4, -0.2) is 46.1 Å². The minimum atomic E-state index is 0. The van der Waals surface area contributed by atoms with Crippen molar-refractivity contribution in [1.29, 1.82) is 0 Å². The Labute approximate surface area is 118 Å². The van der Waals surface area contributed by atoms with Gasteiger partial charge in [0.1, 0.15) is 4.88 Å². The van der Waals surface area contributed by atoms with Gasteiger partial charge in [0, 0.05) is 12.6 Å². The number of rotatable bonds is 4. The number of halogens is 1. The summed E-state index contributed by atoms with van der Waals surface area (Å²) in [5.74, 6) is 0.0914. The predicted molar refractivity (Wildman–Crippen MR) is 74.4 cm³/mol. The number of hydrogen-bond donors (Lipinski definition) is 1. The van der Waals surface area contributed by atoms with Gasteiger partial charge in [-0.15, -0.1) is 17.5 Å². The fraction of sp³-hybridized carbons (Fsp3) is 0.727. The molecule has 1 N–H and O–H groups in total. The van der Waals surface area contributed by atoms with E-state index in [0.29, 0.717) is 10.9 Å². The second kappa shape index (κ2) is 7.66. The number of nitrogens with zero attached hydrogens (tertiary/aromatic N) is 3. The zero-order chi connectivity index (χ0) is 12.1. The van der Waals surface area contributed by atoms with E-state index in [9.17, 15) is 4.79 Å². The van der Waals surface area contributed by atoms with Crippen LogP contribution in [-0.2, 0) is 0 Å². The van der Waals surface area contributed by atoms with Crippen LogP contribution in [0, 0.1) is 0 Å². The standard InChI is InChI=1S/C11H18N4OS.ClH/c1-2-7-15(9-3-5-12-6-4-9)11(16)10-8-13-14-17-10;/h8-9,12H,2-7H2,1H3;1H. The van der Waals surface area contributed by atoms with Crippen molar-refractivity contribution in [2.45, 2.75) is 32.2 Å². The molecule has 2 heterocycles. The Hall–Kier alpha value is -0.720. The highest BCUT2D eigenvalue weighted by Gasteiger charge is 2.26. The average Bonchev–Trinajstić information content (AvgIpc) is 2.90. The minimum Gasteiger partial charge on any atom is -0.335 e. The van der Waals surface area contributed by atoms with Gasteiger partial charge in [-0.05, 0) is 43.9 Å². The number of aromatic nitrogens is 2. The third-order valence-electron chi connectivity index (χ3n) is 3.05. The van der Waals surface area contributed by atoms with Gasteiger partial charge in [0.05, 0.1) is 6.20 Å². The van der Waals surface area contributed by atoms with Crippen molar-refractivity contribution in [2.75, 3.05) is 19.6 Å². The summed E-state index contributed by atoms with van der Waals surface area (Å²) in [6.07, 6.45) is 4.63. The molecular weight excluding hydrogens is 272 g/mol.